The van der Waals surface area contributed by atoms with Crippen LogP contribution in [0, 0.1) is 0 Å². The summed E-state index contributed by atoms with van der Waals surface area (Å²) in [5, 5.41) is 5.81. The maximum absolute atomic E-state index is 12.2. The van der Waals surface area contributed by atoms with Gasteiger partial charge in [0.15, 0.2) is 11.5 Å². The Labute approximate surface area is 142 Å². The number of anilines is 1. The number of methoxy groups -OCH3 is 2. The van der Waals surface area contributed by atoms with E-state index in [1.54, 1.807) is 32.4 Å². The molecule has 0 spiro atoms. The van der Waals surface area contributed by atoms with Crippen LogP contribution in [0.1, 0.15) is 18.4 Å². The number of carbonyl (C=O) groups excluding carboxylic acids is 1. The third-order valence-electron chi connectivity index (χ3n) is 4.47. The standard InChI is InChI=1S/C19H22N2O3/c1-23-16-9-8-15(12-17(16)24-2)21-18(22)20-13-19(10-11-19)14-6-4-3-5-7-14/h3-9,12H,10-11,13H2,1-2H3,(H2,20,21,22). The molecule has 1 saturated carbocycles. The molecule has 126 valence electrons. The number of urea groups is 1. The van der Waals surface area contributed by atoms with Crippen LogP contribution >= 0.6 is 0 Å². The van der Waals surface area contributed by atoms with Gasteiger partial charge in [0.25, 0.3) is 0 Å². The fourth-order valence-corrected chi connectivity index (χ4v) is 2.85. The molecule has 1 aliphatic carbocycles. The first-order valence-corrected chi connectivity index (χ1v) is 7.99. The summed E-state index contributed by atoms with van der Waals surface area (Å²) < 4.78 is 10.4. The zero-order valence-electron chi connectivity index (χ0n) is 14.0. The topological polar surface area (TPSA) is 59.6 Å². The van der Waals surface area contributed by atoms with Crippen molar-refractivity contribution >= 4 is 11.7 Å². The molecular formula is C19H22N2O3. The molecule has 0 unspecified atom stereocenters. The van der Waals surface area contributed by atoms with Gasteiger partial charge in [-0.05, 0) is 30.5 Å². The van der Waals surface area contributed by atoms with Gasteiger partial charge in [0.05, 0.1) is 14.2 Å². The van der Waals surface area contributed by atoms with Gasteiger partial charge in [0.1, 0.15) is 0 Å². The van der Waals surface area contributed by atoms with Crippen LogP contribution in [0.3, 0.4) is 0 Å². The zero-order chi connectivity index (χ0) is 17.0. The van der Waals surface area contributed by atoms with Crippen LogP contribution in [0.2, 0.25) is 0 Å². The first-order valence-electron chi connectivity index (χ1n) is 7.99. The molecule has 2 amide bonds. The molecule has 0 heterocycles. The monoisotopic (exact) mass is 326 g/mol. The number of ether oxygens (including phenoxy) is 2. The van der Waals surface area contributed by atoms with Crippen molar-refractivity contribution in [2.45, 2.75) is 18.3 Å². The van der Waals surface area contributed by atoms with E-state index in [0.29, 0.717) is 23.7 Å². The molecule has 5 nitrogen and oxygen atoms in total. The van der Waals surface area contributed by atoms with Crippen LogP contribution in [0.5, 0.6) is 11.5 Å². The lowest BCUT2D eigenvalue weighted by Gasteiger charge is -2.17. The van der Waals surface area contributed by atoms with Gasteiger partial charge in [-0.1, -0.05) is 30.3 Å². The third kappa shape index (κ3) is 3.45. The van der Waals surface area contributed by atoms with Crippen molar-refractivity contribution in [3.05, 3.63) is 54.1 Å². The van der Waals surface area contributed by atoms with E-state index in [-0.39, 0.29) is 11.4 Å². The number of amides is 2. The molecule has 2 aromatic rings. The number of hydrogen-bond donors (Lipinski definition) is 2. The van der Waals surface area contributed by atoms with Gasteiger partial charge in [-0.3, -0.25) is 0 Å². The van der Waals surface area contributed by atoms with Crippen molar-refractivity contribution in [2.75, 3.05) is 26.1 Å². The quantitative estimate of drug-likeness (QED) is 0.853. The van der Waals surface area contributed by atoms with Gasteiger partial charge >= 0.3 is 6.03 Å². The Morgan fingerprint density at radius 3 is 2.38 bits per heavy atom. The molecule has 2 aromatic carbocycles. The van der Waals surface area contributed by atoms with E-state index < -0.39 is 0 Å². The highest BCUT2D eigenvalue weighted by Gasteiger charge is 2.44. The van der Waals surface area contributed by atoms with Crippen LogP contribution < -0.4 is 20.1 Å². The van der Waals surface area contributed by atoms with Crippen molar-refractivity contribution in [3.63, 3.8) is 0 Å². The number of nitrogens with one attached hydrogen (secondary N) is 2. The van der Waals surface area contributed by atoms with Crippen molar-refractivity contribution in [2.24, 2.45) is 0 Å². The minimum absolute atomic E-state index is 0.0935. The fourth-order valence-electron chi connectivity index (χ4n) is 2.85. The highest BCUT2D eigenvalue weighted by molar-refractivity contribution is 5.89. The lowest BCUT2D eigenvalue weighted by Crippen LogP contribution is -2.35. The minimum Gasteiger partial charge on any atom is -0.493 e. The molecule has 0 bridgehead atoms. The molecule has 0 aromatic heterocycles. The molecular weight excluding hydrogens is 304 g/mol. The van der Waals surface area contributed by atoms with Crippen LogP contribution in [0.25, 0.3) is 0 Å². The number of hydrogen-bond acceptors (Lipinski definition) is 3. The maximum Gasteiger partial charge on any atom is 0.319 e. The summed E-state index contributed by atoms with van der Waals surface area (Å²) in [6.07, 6.45) is 2.21. The molecule has 1 aliphatic rings. The van der Waals surface area contributed by atoms with Gasteiger partial charge in [-0.25, -0.2) is 4.79 Å². The van der Waals surface area contributed by atoms with E-state index in [4.69, 9.17) is 9.47 Å². The van der Waals surface area contributed by atoms with Gasteiger partial charge in [-0.2, -0.15) is 0 Å². The zero-order valence-corrected chi connectivity index (χ0v) is 14.0. The molecule has 0 atom stereocenters. The van der Waals surface area contributed by atoms with E-state index in [1.807, 2.05) is 18.2 Å². The van der Waals surface area contributed by atoms with E-state index in [2.05, 4.69) is 22.8 Å². The van der Waals surface area contributed by atoms with Crippen LogP contribution in [0.4, 0.5) is 10.5 Å². The van der Waals surface area contributed by atoms with Crippen molar-refractivity contribution in [1.29, 1.82) is 0 Å². The normalized spacial score (nSPS) is 14.6. The predicted octanol–water partition coefficient (Wildman–Crippen LogP) is 3.56. The first kappa shape index (κ1) is 16.2. The smallest absolute Gasteiger partial charge is 0.319 e. The van der Waals surface area contributed by atoms with Gasteiger partial charge in [0, 0.05) is 23.7 Å². The molecule has 2 N–H and O–H groups in total. The summed E-state index contributed by atoms with van der Waals surface area (Å²) in [7, 11) is 3.15. The van der Waals surface area contributed by atoms with Gasteiger partial charge in [-0.15, -0.1) is 0 Å². The maximum atomic E-state index is 12.2. The molecule has 0 aliphatic heterocycles. The second kappa shape index (κ2) is 6.83. The van der Waals surface area contributed by atoms with Crippen molar-refractivity contribution in [3.8, 4) is 11.5 Å². The number of benzene rings is 2. The first-order chi connectivity index (χ1) is 11.7. The second-order valence-corrected chi connectivity index (χ2v) is 6.02. The Kier molecular flexibility index (Phi) is 4.60. The average molecular weight is 326 g/mol. The lowest BCUT2D eigenvalue weighted by molar-refractivity contribution is 0.251. The minimum atomic E-state index is -0.218. The molecule has 24 heavy (non-hydrogen) atoms. The van der Waals surface area contributed by atoms with E-state index in [1.165, 1.54) is 5.56 Å². The molecule has 3 rings (SSSR count). The Hall–Kier alpha value is -2.69. The van der Waals surface area contributed by atoms with Crippen molar-refractivity contribution < 1.29 is 14.3 Å². The summed E-state index contributed by atoms with van der Waals surface area (Å²) in [5.74, 6) is 1.21. The average Bonchev–Trinajstić information content (AvgIpc) is 3.42. The SMILES string of the molecule is COc1ccc(NC(=O)NCC2(c3ccccc3)CC2)cc1OC. The highest BCUT2D eigenvalue weighted by atomic mass is 16.5. The van der Waals surface area contributed by atoms with Crippen LogP contribution in [-0.2, 0) is 5.41 Å². The fraction of sp³-hybridized carbons (Fsp3) is 0.316. The van der Waals surface area contributed by atoms with Gasteiger partial charge < -0.3 is 20.1 Å². The highest BCUT2D eigenvalue weighted by Crippen LogP contribution is 2.47. The summed E-state index contributed by atoms with van der Waals surface area (Å²) >= 11 is 0. The Balaban J connectivity index is 1.59. The number of rotatable bonds is 6. The number of carbonyl (C=O) groups is 1. The molecule has 0 saturated heterocycles. The lowest BCUT2D eigenvalue weighted by atomic mass is 9.96. The van der Waals surface area contributed by atoms with Crippen molar-refractivity contribution in [1.82, 2.24) is 5.32 Å². The van der Waals surface area contributed by atoms with E-state index in [0.717, 1.165) is 12.8 Å². The third-order valence-corrected chi connectivity index (χ3v) is 4.47. The van der Waals surface area contributed by atoms with E-state index >= 15 is 0 Å². The van der Waals surface area contributed by atoms with Crippen LogP contribution in [0.15, 0.2) is 48.5 Å². The molecule has 0 radical (unpaired) electrons. The molecule has 1 fully saturated rings. The molecule has 5 heteroatoms. The summed E-state index contributed by atoms with van der Waals surface area (Å²) in [6, 6.07) is 15.4. The summed E-state index contributed by atoms with van der Waals surface area (Å²) in [6.45, 7) is 0.635. The van der Waals surface area contributed by atoms with Gasteiger partial charge in [0.2, 0.25) is 0 Å². The van der Waals surface area contributed by atoms with E-state index in [9.17, 15) is 4.79 Å². The van der Waals surface area contributed by atoms with Crippen LogP contribution in [-0.4, -0.2) is 26.8 Å². The Bertz CT molecular complexity index is 712. The predicted molar refractivity (Wildman–Crippen MR) is 93.9 cm³/mol. The summed E-state index contributed by atoms with van der Waals surface area (Å²) in [4.78, 5) is 12.2. The largest absolute Gasteiger partial charge is 0.493 e. The Morgan fingerprint density at radius 2 is 1.75 bits per heavy atom. The summed E-state index contributed by atoms with van der Waals surface area (Å²) in [5.41, 5.74) is 2.04. The Morgan fingerprint density at radius 1 is 1.04 bits per heavy atom. The second-order valence-electron chi connectivity index (χ2n) is 6.02.